The number of aromatic nitrogens is 2. The summed E-state index contributed by atoms with van der Waals surface area (Å²) in [6, 6.07) is 1.67. The van der Waals surface area contributed by atoms with E-state index in [-0.39, 0.29) is 11.9 Å². The Labute approximate surface area is 114 Å². The minimum atomic E-state index is -4.53. The smallest absolute Gasteiger partial charge is 0.406 e. The van der Waals surface area contributed by atoms with Crippen molar-refractivity contribution in [3.8, 4) is 0 Å². The molecular formula is C12H16F3N3O2. The Morgan fingerprint density at radius 2 is 2.00 bits per heavy atom. The Bertz CT molecular complexity index is 489. The number of alkyl halides is 3. The van der Waals surface area contributed by atoms with Crippen LogP contribution in [0, 0.1) is 6.92 Å². The van der Waals surface area contributed by atoms with Gasteiger partial charge in [-0.05, 0) is 18.9 Å². The zero-order valence-electron chi connectivity index (χ0n) is 11.4. The van der Waals surface area contributed by atoms with Gasteiger partial charge < -0.3 is 10.0 Å². The largest absolute Gasteiger partial charge is 0.480 e. The van der Waals surface area contributed by atoms with Gasteiger partial charge in [-0.25, -0.2) is 9.97 Å². The highest BCUT2D eigenvalue weighted by atomic mass is 19.4. The highest BCUT2D eigenvalue weighted by molar-refractivity contribution is 5.72. The number of hydrogen-bond donors (Lipinski definition) is 1. The molecule has 0 unspecified atom stereocenters. The average molecular weight is 291 g/mol. The molecule has 0 amide bonds. The van der Waals surface area contributed by atoms with Gasteiger partial charge >= 0.3 is 12.1 Å². The minimum Gasteiger partial charge on any atom is -0.480 e. The Morgan fingerprint density at radius 1 is 1.40 bits per heavy atom. The first-order chi connectivity index (χ1) is 9.08. The van der Waals surface area contributed by atoms with E-state index in [0.29, 0.717) is 16.3 Å². The number of carboxylic acids is 1. The molecule has 1 N–H and O–H groups in total. The van der Waals surface area contributed by atoms with Crippen molar-refractivity contribution in [3.05, 3.63) is 17.5 Å². The van der Waals surface area contributed by atoms with Gasteiger partial charge in [-0.2, -0.15) is 13.2 Å². The SMILES string of the molecule is Cc1cc(C(C)C)nc(N(CC(=O)O)CC(F)(F)F)n1. The molecule has 0 saturated heterocycles. The van der Waals surface area contributed by atoms with Crippen molar-refractivity contribution in [3.63, 3.8) is 0 Å². The summed E-state index contributed by atoms with van der Waals surface area (Å²) in [5.74, 6) is -1.58. The van der Waals surface area contributed by atoms with Crippen LogP contribution in [0.3, 0.4) is 0 Å². The molecule has 0 aliphatic heterocycles. The van der Waals surface area contributed by atoms with Gasteiger partial charge in [0.15, 0.2) is 0 Å². The molecule has 1 heterocycles. The number of anilines is 1. The fraction of sp³-hybridized carbons (Fsp3) is 0.583. The molecular weight excluding hydrogens is 275 g/mol. The van der Waals surface area contributed by atoms with Crippen LogP contribution >= 0.6 is 0 Å². The molecule has 0 aliphatic carbocycles. The van der Waals surface area contributed by atoms with Crippen LogP contribution in [0.15, 0.2) is 6.07 Å². The first kappa shape index (κ1) is 16.2. The van der Waals surface area contributed by atoms with Gasteiger partial charge in [-0.15, -0.1) is 0 Å². The number of nitrogens with zero attached hydrogens (tertiary/aromatic N) is 3. The fourth-order valence-electron chi connectivity index (χ4n) is 1.59. The highest BCUT2D eigenvalue weighted by Crippen LogP contribution is 2.21. The lowest BCUT2D eigenvalue weighted by Gasteiger charge is -2.23. The van der Waals surface area contributed by atoms with E-state index in [2.05, 4.69) is 9.97 Å². The monoisotopic (exact) mass is 291 g/mol. The van der Waals surface area contributed by atoms with Crippen molar-refractivity contribution in [1.82, 2.24) is 9.97 Å². The zero-order chi connectivity index (χ0) is 15.5. The van der Waals surface area contributed by atoms with Gasteiger partial charge in [0, 0.05) is 11.4 Å². The lowest BCUT2D eigenvalue weighted by molar-refractivity contribution is -0.136. The van der Waals surface area contributed by atoms with E-state index in [1.807, 2.05) is 13.8 Å². The molecule has 0 spiro atoms. The predicted octanol–water partition coefficient (Wildman–Crippen LogP) is 2.36. The number of aliphatic carboxylic acids is 1. The van der Waals surface area contributed by atoms with Gasteiger partial charge in [0.2, 0.25) is 5.95 Å². The average Bonchev–Trinajstić information content (AvgIpc) is 2.24. The van der Waals surface area contributed by atoms with Gasteiger partial charge in [-0.1, -0.05) is 13.8 Å². The van der Waals surface area contributed by atoms with E-state index in [4.69, 9.17) is 5.11 Å². The van der Waals surface area contributed by atoms with E-state index in [1.54, 1.807) is 13.0 Å². The van der Waals surface area contributed by atoms with Crippen molar-refractivity contribution in [2.45, 2.75) is 32.9 Å². The van der Waals surface area contributed by atoms with Gasteiger partial charge in [0.1, 0.15) is 13.1 Å². The van der Waals surface area contributed by atoms with E-state index in [1.165, 1.54) is 0 Å². The molecule has 112 valence electrons. The van der Waals surface area contributed by atoms with Crippen molar-refractivity contribution in [1.29, 1.82) is 0 Å². The summed E-state index contributed by atoms with van der Waals surface area (Å²) < 4.78 is 37.5. The second-order valence-electron chi connectivity index (χ2n) is 4.75. The summed E-state index contributed by atoms with van der Waals surface area (Å²) in [6.07, 6.45) is -4.53. The van der Waals surface area contributed by atoms with Crippen LogP contribution in [-0.4, -0.2) is 40.3 Å². The highest BCUT2D eigenvalue weighted by Gasteiger charge is 2.33. The Balaban J connectivity index is 3.15. The summed E-state index contributed by atoms with van der Waals surface area (Å²) in [6.45, 7) is 3.11. The van der Waals surface area contributed by atoms with Crippen LogP contribution in [0.1, 0.15) is 31.2 Å². The third-order valence-electron chi connectivity index (χ3n) is 2.43. The molecule has 5 nitrogen and oxygen atoms in total. The third kappa shape index (κ3) is 5.02. The van der Waals surface area contributed by atoms with Crippen molar-refractivity contribution >= 4 is 11.9 Å². The molecule has 8 heteroatoms. The van der Waals surface area contributed by atoms with Crippen LogP contribution in [-0.2, 0) is 4.79 Å². The number of carboxylic acid groups (broad SMARTS) is 1. The lowest BCUT2D eigenvalue weighted by Crippen LogP contribution is -2.39. The molecule has 0 saturated carbocycles. The molecule has 20 heavy (non-hydrogen) atoms. The van der Waals surface area contributed by atoms with E-state index < -0.39 is 25.2 Å². The third-order valence-corrected chi connectivity index (χ3v) is 2.43. The van der Waals surface area contributed by atoms with Crippen molar-refractivity contribution < 1.29 is 23.1 Å². The van der Waals surface area contributed by atoms with Crippen molar-refractivity contribution in [2.24, 2.45) is 0 Å². The maximum atomic E-state index is 12.5. The van der Waals surface area contributed by atoms with E-state index >= 15 is 0 Å². The van der Waals surface area contributed by atoms with Crippen LogP contribution in [0.5, 0.6) is 0 Å². The Morgan fingerprint density at radius 3 is 2.45 bits per heavy atom. The first-order valence-corrected chi connectivity index (χ1v) is 5.97. The fourth-order valence-corrected chi connectivity index (χ4v) is 1.59. The normalized spacial score (nSPS) is 11.8. The second-order valence-corrected chi connectivity index (χ2v) is 4.75. The first-order valence-electron chi connectivity index (χ1n) is 5.97. The van der Waals surface area contributed by atoms with Gasteiger partial charge in [0.25, 0.3) is 0 Å². The molecule has 0 fully saturated rings. The van der Waals surface area contributed by atoms with Crippen LogP contribution in [0.25, 0.3) is 0 Å². The number of halogens is 3. The molecule has 1 aromatic heterocycles. The zero-order valence-corrected chi connectivity index (χ0v) is 11.4. The van der Waals surface area contributed by atoms with Crippen LogP contribution in [0.2, 0.25) is 0 Å². The minimum absolute atomic E-state index is 0.00742. The summed E-state index contributed by atoms with van der Waals surface area (Å²) in [5.41, 5.74) is 1.07. The number of carbonyl (C=O) groups is 1. The van der Waals surface area contributed by atoms with Gasteiger partial charge in [0.05, 0.1) is 0 Å². The lowest BCUT2D eigenvalue weighted by atomic mass is 10.1. The standard InChI is InChI=1S/C12H16F3N3O2/c1-7(2)9-4-8(3)16-11(17-9)18(5-10(19)20)6-12(13,14)15/h4,7H,5-6H2,1-3H3,(H,19,20). The molecule has 0 aromatic carbocycles. The molecule has 0 aliphatic rings. The molecule has 1 aromatic rings. The number of aryl methyl sites for hydroxylation is 1. The van der Waals surface area contributed by atoms with Crippen LogP contribution < -0.4 is 4.90 Å². The Kier molecular flexibility index (Phi) is 4.91. The second kappa shape index (κ2) is 6.06. The number of rotatable bonds is 5. The van der Waals surface area contributed by atoms with Crippen molar-refractivity contribution in [2.75, 3.05) is 18.0 Å². The molecule has 0 atom stereocenters. The molecule has 1 rings (SSSR count). The number of hydrogen-bond acceptors (Lipinski definition) is 4. The van der Waals surface area contributed by atoms with E-state index in [0.717, 1.165) is 0 Å². The summed E-state index contributed by atoms with van der Waals surface area (Å²) in [4.78, 5) is 19.2. The summed E-state index contributed by atoms with van der Waals surface area (Å²) in [7, 11) is 0. The van der Waals surface area contributed by atoms with Crippen LogP contribution in [0.4, 0.5) is 19.1 Å². The quantitative estimate of drug-likeness (QED) is 0.902. The summed E-state index contributed by atoms with van der Waals surface area (Å²) >= 11 is 0. The van der Waals surface area contributed by atoms with E-state index in [9.17, 15) is 18.0 Å². The van der Waals surface area contributed by atoms with Gasteiger partial charge in [-0.3, -0.25) is 4.79 Å². The Hall–Kier alpha value is -1.86. The molecule has 0 radical (unpaired) electrons. The maximum Gasteiger partial charge on any atom is 0.406 e. The topological polar surface area (TPSA) is 66.3 Å². The predicted molar refractivity (Wildman–Crippen MR) is 66.8 cm³/mol. The molecule has 0 bridgehead atoms. The maximum absolute atomic E-state index is 12.5. The summed E-state index contributed by atoms with van der Waals surface area (Å²) in [5, 5.41) is 8.73.